The van der Waals surface area contributed by atoms with Crippen LogP contribution in [0.1, 0.15) is 36.0 Å². The molecule has 1 heterocycles. The summed E-state index contributed by atoms with van der Waals surface area (Å²) >= 11 is 0. The topological polar surface area (TPSA) is 38.7 Å². The van der Waals surface area contributed by atoms with Crippen LogP contribution in [-0.2, 0) is 5.41 Å². The van der Waals surface area contributed by atoms with Gasteiger partial charge in [-0.05, 0) is 61.3 Å². The molecule has 3 heteroatoms. The van der Waals surface area contributed by atoms with Crippen molar-refractivity contribution < 1.29 is 13.7 Å². The molecular formula is C50H33N3. The van der Waals surface area contributed by atoms with Crippen molar-refractivity contribution in [1.82, 2.24) is 15.0 Å². The maximum Gasteiger partial charge on any atom is 0.165 e. The Hall–Kier alpha value is -6.97. The molecule has 0 unspecified atom stereocenters. The molecule has 0 aliphatic heterocycles. The van der Waals surface area contributed by atoms with E-state index in [9.17, 15) is 0 Å². The summed E-state index contributed by atoms with van der Waals surface area (Å²) in [6.07, 6.45) is 0. The first kappa shape index (κ1) is 22.1. The molecule has 9 aromatic rings. The second kappa shape index (κ2) is 12.7. The minimum atomic E-state index is -0.711. The fourth-order valence-electron chi connectivity index (χ4n) is 7.80. The van der Waals surface area contributed by atoms with Crippen LogP contribution in [0.3, 0.4) is 0 Å². The van der Waals surface area contributed by atoms with Gasteiger partial charge in [-0.15, -0.1) is 0 Å². The van der Waals surface area contributed by atoms with Gasteiger partial charge < -0.3 is 0 Å². The van der Waals surface area contributed by atoms with Crippen LogP contribution in [0.4, 0.5) is 0 Å². The van der Waals surface area contributed by atoms with Crippen LogP contribution >= 0.6 is 0 Å². The van der Waals surface area contributed by atoms with Crippen molar-refractivity contribution in [2.45, 2.75) is 5.41 Å². The molecule has 8 aromatic carbocycles. The molecule has 0 spiro atoms. The lowest BCUT2D eigenvalue weighted by Crippen LogP contribution is -2.28. The molecule has 1 aromatic heterocycles. The highest BCUT2D eigenvalue weighted by molar-refractivity contribution is 6.03. The summed E-state index contributed by atoms with van der Waals surface area (Å²) in [5.41, 5.74) is 7.15. The summed E-state index contributed by atoms with van der Waals surface area (Å²) in [5.74, 6) is -0.648. The summed E-state index contributed by atoms with van der Waals surface area (Å²) in [7, 11) is 0. The van der Waals surface area contributed by atoms with E-state index in [-0.39, 0.29) is 28.6 Å². The van der Waals surface area contributed by atoms with Crippen LogP contribution in [0.2, 0.25) is 0 Å². The molecule has 0 atom stereocenters. The lowest BCUT2D eigenvalue weighted by molar-refractivity contribution is 0.769. The number of fused-ring (bicyclic) bond motifs is 4. The van der Waals surface area contributed by atoms with Gasteiger partial charge in [-0.1, -0.05) is 194 Å². The van der Waals surface area contributed by atoms with Crippen molar-refractivity contribution in [3.05, 3.63) is 222 Å². The smallest absolute Gasteiger partial charge is 0.165 e. The van der Waals surface area contributed by atoms with Gasteiger partial charge in [-0.25, -0.2) is 15.0 Å². The van der Waals surface area contributed by atoms with E-state index < -0.39 is 65.8 Å². The second-order valence-electron chi connectivity index (χ2n) is 12.8. The lowest BCUT2D eigenvalue weighted by atomic mass is 9.67. The van der Waals surface area contributed by atoms with E-state index in [0.29, 0.717) is 16.5 Å². The van der Waals surface area contributed by atoms with Crippen molar-refractivity contribution in [2.24, 2.45) is 0 Å². The van der Waals surface area contributed by atoms with E-state index in [1.54, 1.807) is 0 Å². The molecule has 0 amide bonds. The van der Waals surface area contributed by atoms with Gasteiger partial charge in [0.2, 0.25) is 0 Å². The molecular weight excluding hydrogens is 643 g/mol. The zero-order valence-electron chi connectivity index (χ0n) is 38.1. The van der Waals surface area contributed by atoms with Crippen molar-refractivity contribution in [3.63, 3.8) is 0 Å². The summed E-state index contributed by atoms with van der Waals surface area (Å²) in [4.78, 5) is 14.3. The number of hydrogen-bond acceptors (Lipinski definition) is 3. The van der Waals surface area contributed by atoms with Crippen molar-refractivity contribution in [1.29, 1.82) is 0 Å². The monoisotopic (exact) mass is 685 g/mol. The first-order valence-electron chi connectivity index (χ1n) is 22.2. The average molecular weight is 686 g/mol. The standard InChI is InChI=1S/C50H33N3/c1-5-18-35(19-6-1)47-51-48(36-20-7-2-8-21-36)53-49(52-47)46-40-26-14-13-17-34(40)29-31-41(46)37-30-32-43-42-27-15-16-28-44(42)50(45(43)33-37,38-22-9-3-10-23-38)39-24-11-4-12-25-39/h1-33H/i1D,2D,5D,6D,7D,8D,18D,19D,20D,21D. The number of rotatable bonds is 6. The minimum Gasteiger partial charge on any atom is -0.208 e. The summed E-state index contributed by atoms with van der Waals surface area (Å²) in [6, 6.07) is 41.3. The number of hydrogen-bond donors (Lipinski definition) is 0. The molecule has 0 saturated heterocycles. The van der Waals surface area contributed by atoms with Gasteiger partial charge in [0, 0.05) is 16.7 Å². The largest absolute Gasteiger partial charge is 0.208 e. The van der Waals surface area contributed by atoms with Crippen LogP contribution in [0.15, 0.2) is 200 Å². The molecule has 0 N–H and O–H groups in total. The van der Waals surface area contributed by atoms with Crippen molar-refractivity contribution in [2.75, 3.05) is 0 Å². The Morgan fingerprint density at radius 3 is 1.58 bits per heavy atom. The first-order chi connectivity index (χ1) is 30.4. The fraction of sp³-hybridized carbons (Fsp3) is 0.0200. The number of nitrogens with zero attached hydrogens (tertiary/aromatic N) is 3. The summed E-state index contributed by atoms with van der Waals surface area (Å²) in [5, 5.41) is 1.53. The Labute approximate surface area is 323 Å². The minimum absolute atomic E-state index is 0.00147. The molecule has 248 valence electrons. The van der Waals surface area contributed by atoms with E-state index in [2.05, 4.69) is 59.6 Å². The number of benzene rings is 8. The van der Waals surface area contributed by atoms with E-state index in [0.717, 1.165) is 44.3 Å². The van der Waals surface area contributed by atoms with Gasteiger partial charge >= 0.3 is 0 Å². The molecule has 0 radical (unpaired) electrons. The number of aromatic nitrogens is 3. The highest BCUT2D eigenvalue weighted by Crippen LogP contribution is 2.57. The third-order valence-corrected chi connectivity index (χ3v) is 10.0. The van der Waals surface area contributed by atoms with Gasteiger partial charge in [0.25, 0.3) is 0 Å². The van der Waals surface area contributed by atoms with Crippen LogP contribution in [0.25, 0.3) is 67.2 Å². The third-order valence-electron chi connectivity index (χ3n) is 10.0. The van der Waals surface area contributed by atoms with E-state index >= 15 is 0 Å². The molecule has 1 aliphatic rings. The molecule has 3 nitrogen and oxygen atoms in total. The highest BCUT2D eigenvalue weighted by Gasteiger charge is 2.46. The normalized spacial score (nSPS) is 15.3. The molecule has 1 aliphatic carbocycles. The maximum atomic E-state index is 8.89. The van der Waals surface area contributed by atoms with Gasteiger partial charge in [0.1, 0.15) is 0 Å². The Bertz CT molecular complexity index is 3170. The Balaban J connectivity index is 1.31. The predicted octanol–water partition coefficient (Wildman–Crippen LogP) is 12.1. The van der Waals surface area contributed by atoms with E-state index in [4.69, 9.17) is 23.7 Å². The first-order valence-corrected chi connectivity index (χ1v) is 17.2. The van der Waals surface area contributed by atoms with E-state index in [1.165, 1.54) is 0 Å². The Kier molecular flexibility index (Phi) is 5.27. The van der Waals surface area contributed by atoms with Gasteiger partial charge in [0.05, 0.1) is 19.1 Å². The van der Waals surface area contributed by atoms with Crippen molar-refractivity contribution in [3.8, 4) is 56.4 Å². The fourth-order valence-corrected chi connectivity index (χ4v) is 7.80. The zero-order chi connectivity index (χ0) is 43.9. The van der Waals surface area contributed by atoms with Crippen molar-refractivity contribution >= 4 is 10.8 Å². The maximum absolute atomic E-state index is 8.89. The van der Waals surface area contributed by atoms with Crippen LogP contribution < -0.4 is 0 Å². The van der Waals surface area contributed by atoms with Gasteiger partial charge in [-0.2, -0.15) is 0 Å². The van der Waals surface area contributed by atoms with Crippen LogP contribution in [0.5, 0.6) is 0 Å². The third kappa shape index (κ3) is 5.01. The predicted molar refractivity (Wildman–Crippen MR) is 216 cm³/mol. The molecule has 53 heavy (non-hydrogen) atoms. The van der Waals surface area contributed by atoms with Crippen LogP contribution in [0, 0.1) is 0 Å². The molecule has 10 rings (SSSR count). The van der Waals surface area contributed by atoms with Gasteiger partial charge in [-0.3, -0.25) is 0 Å². The summed E-state index contributed by atoms with van der Waals surface area (Å²) < 4.78 is 86.0. The summed E-state index contributed by atoms with van der Waals surface area (Å²) in [6.45, 7) is 0. The SMILES string of the molecule is [2H]c1c([2H])c([2H])c(-c2nc(-c3c([2H])c([2H])c([2H])c([2H])c3[2H])nc(-c3c(-c4ccc5c(c4)C(c4ccccc4)(c4ccccc4)c4ccccc4-5)ccc4ccccc34)n2)c([2H])c1[2H]. The quantitative estimate of drug-likeness (QED) is 0.175. The lowest BCUT2D eigenvalue weighted by Gasteiger charge is -2.34. The average Bonchev–Trinajstić information content (AvgIpc) is 3.62. The molecule has 0 saturated carbocycles. The zero-order valence-corrected chi connectivity index (χ0v) is 28.1. The Morgan fingerprint density at radius 1 is 0.396 bits per heavy atom. The Morgan fingerprint density at radius 2 is 0.925 bits per heavy atom. The highest BCUT2D eigenvalue weighted by atomic mass is 15.0. The molecule has 0 bridgehead atoms. The van der Waals surface area contributed by atoms with Gasteiger partial charge in [0.15, 0.2) is 17.5 Å². The van der Waals surface area contributed by atoms with E-state index in [1.807, 2.05) is 84.9 Å². The second-order valence-corrected chi connectivity index (χ2v) is 12.8. The molecule has 0 fully saturated rings. The van der Waals surface area contributed by atoms with Crippen LogP contribution in [-0.4, -0.2) is 15.0 Å².